The van der Waals surface area contributed by atoms with E-state index in [2.05, 4.69) is 38.2 Å². The summed E-state index contributed by atoms with van der Waals surface area (Å²) >= 11 is 0. The molecule has 2 aliphatic carbocycles. The second-order valence-electron chi connectivity index (χ2n) is 9.32. The lowest BCUT2D eigenvalue weighted by atomic mass is 9.78. The molecule has 0 spiro atoms. The molecule has 2 fully saturated rings. The quantitative estimate of drug-likeness (QED) is 0.255. The Morgan fingerprint density at radius 3 is 1.77 bits per heavy atom. The summed E-state index contributed by atoms with van der Waals surface area (Å²) in [6.45, 7) is 4.46. The van der Waals surface area contributed by atoms with Gasteiger partial charge in [-0.2, -0.15) is 0 Å². The van der Waals surface area contributed by atoms with Gasteiger partial charge in [-0.05, 0) is 82.0 Å². The first-order valence-electron chi connectivity index (χ1n) is 12.1. The number of unbranched alkanes of at least 4 members (excludes halogenated alkanes) is 2. The highest BCUT2D eigenvalue weighted by Crippen LogP contribution is 2.35. The highest BCUT2D eigenvalue weighted by molar-refractivity contribution is 4.91. The Kier molecular flexibility index (Phi) is 11.4. The van der Waals surface area contributed by atoms with Gasteiger partial charge in [0, 0.05) is 0 Å². The summed E-state index contributed by atoms with van der Waals surface area (Å²) in [7, 11) is 0. The zero-order valence-corrected chi connectivity index (χ0v) is 17.9. The van der Waals surface area contributed by atoms with Crippen molar-refractivity contribution in [3.05, 3.63) is 24.3 Å². The van der Waals surface area contributed by atoms with Gasteiger partial charge in [0.25, 0.3) is 0 Å². The van der Waals surface area contributed by atoms with E-state index >= 15 is 0 Å². The topological polar surface area (TPSA) is 0 Å². The predicted molar refractivity (Wildman–Crippen MR) is 117 cm³/mol. The summed E-state index contributed by atoms with van der Waals surface area (Å²) in [6.07, 6.45) is 32.9. The van der Waals surface area contributed by atoms with E-state index in [0.717, 1.165) is 23.7 Å². The predicted octanol–water partition coefficient (Wildman–Crippen LogP) is 8.87. The molecule has 0 heterocycles. The van der Waals surface area contributed by atoms with Gasteiger partial charge in [0.2, 0.25) is 0 Å². The van der Waals surface area contributed by atoms with Crippen LogP contribution in [0, 0.1) is 23.7 Å². The van der Waals surface area contributed by atoms with Crippen LogP contribution >= 0.6 is 0 Å². The third-order valence-electron chi connectivity index (χ3n) is 7.20. The van der Waals surface area contributed by atoms with Crippen LogP contribution in [0.4, 0.5) is 0 Å². The fourth-order valence-corrected chi connectivity index (χ4v) is 5.28. The van der Waals surface area contributed by atoms with E-state index in [1.54, 1.807) is 0 Å². The van der Waals surface area contributed by atoms with Gasteiger partial charge in [-0.1, -0.05) is 82.6 Å². The molecule has 150 valence electrons. The van der Waals surface area contributed by atoms with Gasteiger partial charge in [-0.25, -0.2) is 0 Å². The average Bonchev–Trinajstić information content (AvgIpc) is 2.68. The van der Waals surface area contributed by atoms with E-state index in [1.807, 2.05) is 0 Å². The molecule has 2 saturated carbocycles. The van der Waals surface area contributed by atoms with E-state index in [0.29, 0.717) is 0 Å². The normalized spacial score (nSPS) is 30.4. The molecule has 0 saturated heterocycles. The van der Waals surface area contributed by atoms with Gasteiger partial charge in [0.15, 0.2) is 0 Å². The molecular weight excluding hydrogens is 312 g/mol. The highest BCUT2D eigenvalue weighted by atomic mass is 14.3. The molecule has 0 unspecified atom stereocenters. The minimum atomic E-state index is 0.903. The fraction of sp³-hybridized carbons (Fsp3) is 0.846. The number of allylic oxidation sites excluding steroid dienone is 4. The van der Waals surface area contributed by atoms with Crippen LogP contribution < -0.4 is 0 Å². The Morgan fingerprint density at radius 1 is 0.654 bits per heavy atom. The van der Waals surface area contributed by atoms with Gasteiger partial charge in [0.05, 0.1) is 0 Å². The molecule has 0 aromatic rings. The largest absolute Gasteiger partial charge is 0.0917 e. The summed E-state index contributed by atoms with van der Waals surface area (Å²) in [5, 5.41) is 0. The second kappa shape index (κ2) is 13.6. The van der Waals surface area contributed by atoms with Crippen molar-refractivity contribution in [2.24, 2.45) is 23.7 Å². The second-order valence-corrected chi connectivity index (χ2v) is 9.32. The van der Waals surface area contributed by atoms with Crippen LogP contribution in [-0.2, 0) is 0 Å². The molecule has 0 nitrogen and oxygen atoms in total. The van der Waals surface area contributed by atoms with Gasteiger partial charge < -0.3 is 0 Å². The van der Waals surface area contributed by atoms with Gasteiger partial charge in [-0.15, -0.1) is 0 Å². The Morgan fingerprint density at radius 2 is 1.19 bits per heavy atom. The summed E-state index contributed by atoms with van der Waals surface area (Å²) in [5.74, 6) is 3.99. The standard InChI is InChI=1S/C26H46/c1-3-5-7-11-23-15-19-25(20-16-23)13-9-10-14-26-21-17-24(18-22-26)12-8-6-4-2/h3,5,10,14,23-26H,4,6-9,11-13,15-22H2,1-2H3/b5-3+,14-10+. The Hall–Kier alpha value is -0.520. The first-order valence-corrected chi connectivity index (χ1v) is 12.1. The summed E-state index contributed by atoms with van der Waals surface area (Å²) in [4.78, 5) is 0. The zero-order chi connectivity index (χ0) is 18.5. The van der Waals surface area contributed by atoms with Crippen molar-refractivity contribution in [3.8, 4) is 0 Å². The first kappa shape index (κ1) is 21.8. The Balaban J connectivity index is 1.50. The van der Waals surface area contributed by atoms with Gasteiger partial charge in [-0.3, -0.25) is 0 Å². The minimum Gasteiger partial charge on any atom is -0.0917 e. The van der Waals surface area contributed by atoms with Gasteiger partial charge in [0.1, 0.15) is 0 Å². The zero-order valence-electron chi connectivity index (χ0n) is 17.9. The highest BCUT2D eigenvalue weighted by Gasteiger charge is 2.21. The maximum atomic E-state index is 2.59. The lowest BCUT2D eigenvalue weighted by Crippen LogP contribution is -2.14. The smallest absolute Gasteiger partial charge is 0.0233 e. The van der Waals surface area contributed by atoms with Crippen LogP contribution in [0.15, 0.2) is 24.3 Å². The summed E-state index contributed by atoms with van der Waals surface area (Å²) < 4.78 is 0. The molecule has 0 radical (unpaired) electrons. The van der Waals surface area contributed by atoms with Crippen molar-refractivity contribution < 1.29 is 0 Å². The van der Waals surface area contributed by atoms with Crippen molar-refractivity contribution in [2.75, 3.05) is 0 Å². The summed E-state index contributed by atoms with van der Waals surface area (Å²) in [6, 6.07) is 0. The summed E-state index contributed by atoms with van der Waals surface area (Å²) in [5.41, 5.74) is 0. The van der Waals surface area contributed by atoms with E-state index in [-0.39, 0.29) is 0 Å². The van der Waals surface area contributed by atoms with E-state index < -0.39 is 0 Å². The number of hydrogen-bond donors (Lipinski definition) is 0. The molecule has 2 aliphatic rings. The maximum Gasteiger partial charge on any atom is -0.0233 e. The van der Waals surface area contributed by atoms with Crippen LogP contribution in [0.5, 0.6) is 0 Å². The van der Waals surface area contributed by atoms with Crippen molar-refractivity contribution in [1.82, 2.24) is 0 Å². The van der Waals surface area contributed by atoms with Crippen LogP contribution in [0.2, 0.25) is 0 Å². The molecular formula is C26H46. The lowest BCUT2D eigenvalue weighted by Gasteiger charge is -2.28. The molecule has 0 aromatic carbocycles. The van der Waals surface area contributed by atoms with Crippen LogP contribution in [0.3, 0.4) is 0 Å². The van der Waals surface area contributed by atoms with Crippen molar-refractivity contribution >= 4 is 0 Å². The van der Waals surface area contributed by atoms with E-state index in [9.17, 15) is 0 Å². The van der Waals surface area contributed by atoms with E-state index in [1.165, 1.54) is 103 Å². The fourth-order valence-electron chi connectivity index (χ4n) is 5.28. The molecule has 0 aliphatic heterocycles. The average molecular weight is 359 g/mol. The molecule has 0 atom stereocenters. The number of rotatable bonds is 11. The molecule has 2 rings (SSSR count). The maximum absolute atomic E-state index is 2.59. The minimum absolute atomic E-state index is 0.903. The van der Waals surface area contributed by atoms with Crippen molar-refractivity contribution in [1.29, 1.82) is 0 Å². The molecule has 0 bridgehead atoms. The Labute approximate surface area is 164 Å². The molecule has 0 N–H and O–H groups in total. The molecule has 0 aromatic heterocycles. The SMILES string of the molecule is C/C=C/CCC1CCC(CC/C=C/C2CCC(CCCCC)CC2)CC1. The van der Waals surface area contributed by atoms with Gasteiger partial charge >= 0.3 is 0 Å². The third-order valence-corrected chi connectivity index (χ3v) is 7.20. The van der Waals surface area contributed by atoms with Crippen LogP contribution in [0.1, 0.15) is 117 Å². The van der Waals surface area contributed by atoms with Crippen LogP contribution in [-0.4, -0.2) is 0 Å². The van der Waals surface area contributed by atoms with Crippen LogP contribution in [0.25, 0.3) is 0 Å². The monoisotopic (exact) mass is 358 g/mol. The molecule has 26 heavy (non-hydrogen) atoms. The van der Waals surface area contributed by atoms with Crippen molar-refractivity contribution in [2.45, 2.75) is 117 Å². The lowest BCUT2D eigenvalue weighted by molar-refractivity contribution is 0.255. The van der Waals surface area contributed by atoms with Crippen molar-refractivity contribution in [3.63, 3.8) is 0 Å². The third kappa shape index (κ3) is 8.92. The number of hydrogen-bond acceptors (Lipinski definition) is 0. The Bertz CT molecular complexity index is 375. The molecule has 0 amide bonds. The van der Waals surface area contributed by atoms with E-state index in [4.69, 9.17) is 0 Å². The molecule has 0 heteroatoms. The first-order chi connectivity index (χ1) is 12.8.